The highest BCUT2D eigenvalue weighted by Crippen LogP contribution is 2.39. The minimum atomic E-state index is -0.181. The molecule has 2 aliphatic rings. The number of pyridine rings is 2. The molecule has 0 spiro atoms. The Morgan fingerprint density at radius 2 is 1.11 bits per heavy atom. The fourth-order valence-corrected chi connectivity index (χ4v) is 10.6. The Kier molecular flexibility index (Phi) is 17.0. The molecule has 4 heterocycles. The van der Waals surface area contributed by atoms with Crippen molar-refractivity contribution in [3.8, 4) is 43.1 Å². The second-order valence-corrected chi connectivity index (χ2v) is 22.1. The maximum atomic E-state index is 12.6. The standard InChI is InChI=1S/C28H32ClNO2S.C19H19ClN2S.C6H13NO/c1-28(2,3)27-16-20(10-11-30-27)21-15-26(33-17-21)24-9-6-19(14-25(24)29)13-23(32)12-18-4-7-22(31)8-5-18;1-19(2,3)18-9-12(6-7-22-18)13-8-17(23-11-13)15-5-4-14(21)10-16(15)20;7-5-1-3-6(8)4-2-5/h6,9-11,14-18,22,31H,4-5,7-8,12-13H2,1-3H3;4-11H,21H2,1-3H3;5-6,8H,1-4,7H2. The number of nitrogens with zero attached hydrogens (tertiary/aromatic N) is 2. The zero-order chi connectivity index (χ0) is 46.2. The number of Topliss-reactive ketones (excluding diaryl/α,β-unsaturated/α-hetero) is 1. The predicted octanol–water partition coefficient (Wildman–Crippen LogP) is 13.7. The number of aliphatic hydroxyl groups is 2. The summed E-state index contributed by atoms with van der Waals surface area (Å²) >= 11 is 16.3. The van der Waals surface area contributed by atoms with Crippen LogP contribution in [0.4, 0.5) is 5.69 Å². The van der Waals surface area contributed by atoms with E-state index < -0.39 is 0 Å². The summed E-state index contributed by atoms with van der Waals surface area (Å²) in [6.45, 7) is 13.0. The normalized spacial score (nSPS) is 18.9. The number of aromatic nitrogens is 2. The van der Waals surface area contributed by atoms with Crippen molar-refractivity contribution in [1.29, 1.82) is 0 Å². The van der Waals surface area contributed by atoms with E-state index in [0.29, 0.717) is 40.5 Å². The number of carbonyl (C=O) groups is 1. The number of hydrogen-bond donors (Lipinski definition) is 4. The first kappa shape index (κ1) is 49.5. The number of carbonyl (C=O) groups excluding carboxylic acids is 1. The van der Waals surface area contributed by atoms with Crippen molar-refractivity contribution in [2.75, 3.05) is 5.73 Å². The first-order chi connectivity index (χ1) is 30.3. The third-order valence-corrected chi connectivity index (χ3v) is 14.5. The highest BCUT2D eigenvalue weighted by molar-refractivity contribution is 7.14. The fraction of sp³-hybridized carbons (Fsp3) is 0.415. The highest BCUT2D eigenvalue weighted by atomic mass is 35.5. The predicted molar refractivity (Wildman–Crippen MR) is 272 cm³/mol. The molecule has 0 unspecified atom stereocenters. The van der Waals surface area contributed by atoms with Crippen molar-refractivity contribution in [2.45, 2.75) is 135 Å². The molecule has 4 aromatic heterocycles. The van der Waals surface area contributed by atoms with Crippen molar-refractivity contribution >= 4 is 57.3 Å². The van der Waals surface area contributed by atoms with Crippen LogP contribution >= 0.6 is 45.9 Å². The van der Waals surface area contributed by atoms with Gasteiger partial charge in [-0.15, -0.1) is 22.7 Å². The lowest BCUT2D eigenvalue weighted by atomic mass is 9.83. The summed E-state index contributed by atoms with van der Waals surface area (Å²) in [5.41, 5.74) is 21.9. The van der Waals surface area contributed by atoms with E-state index in [1.165, 1.54) is 11.1 Å². The van der Waals surface area contributed by atoms with Gasteiger partial charge in [-0.25, -0.2) is 0 Å². The first-order valence-corrected chi connectivity index (χ1v) is 24.9. The third kappa shape index (κ3) is 14.0. The van der Waals surface area contributed by atoms with Crippen LogP contribution in [0.5, 0.6) is 0 Å². The molecular formula is C53H64Cl2N4O3S2. The zero-order valence-electron chi connectivity index (χ0n) is 38.0. The van der Waals surface area contributed by atoms with Crippen molar-refractivity contribution in [1.82, 2.24) is 9.97 Å². The Morgan fingerprint density at radius 3 is 1.56 bits per heavy atom. The number of nitrogen functional groups attached to an aromatic ring is 1. The summed E-state index contributed by atoms with van der Waals surface area (Å²) < 4.78 is 0. The van der Waals surface area contributed by atoms with Gasteiger partial charge in [-0.1, -0.05) is 82.9 Å². The number of rotatable bonds is 8. The van der Waals surface area contributed by atoms with Crippen LogP contribution in [0.25, 0.3) is 43.1 Å². The largest absolute Gasteiger partial charge is 0.399 e. The number of halogens is 2. The van der Waals surface area contributed by atoms with Crippen LogP contribution in [0.1, 0.15) is 116 Å². The summed E-state index contributed by atoms with van der Waals surface area (Å²) in [6, 6.07) is 24.8. The van der Waals surface area contributed by atoms with Crippen molar-refractivity contribution < 1.29 is 15.0 Å². The van der Waals surface area contributed by atoms with Gasteiger partial charge in [0.15, 0.2) is 0 Å². The van der Waals surface area contributed by atoms with Crippen LogP contribution in [0, 0.1) is 5.92 Å². The SMILES string of the molecule is CC(C)(C)c1cc(-c2csc(-c3ccc(CC(=O)CC4CCC(O)CC4)cc3Cl)c2)ccn1.CC(C)(C)c1cc(-c2csc(-c3ccc(N)cc3Cl)c2)ccn1.NC1CCC(O)CC1. The Bertz CT molecular complexity index is 2460. The van der Waals surface area contributed by atoms with Crippen molar-refractivity contribution in [2.24, 2.45) is 11.7 Å². The molecule has 0 bridgehead atoms. The molecule has 340 valence electrons. The molecule has 0 radical (unpaired) electrons. The average molecular weight is 940 g/mol. The number of anilines is 1. The van der Waals surface area contributed by atoms with Gasteiger partial charge < -0.3 is 21.7 Å². The lowest BCUT2D eigenvalue weighted by molar-refractivity contribution is -0.119. The van der Waals surface area contributed by atoms with E-state index in [0.717, 1.165) is 100 Å². The molecule has 2 saturated carbocycles. The first-order valence-electron chi connectivity index (χ1n) is 22.4. The van der Waals surface area contributed by atoms with Crippen LogP contribution in [0.15, 0.2) is 96.0 Å². The molecule has 6 N–H and O–H groups in total. The molecule has 0 amide bonds. The number of nitrogens with two attached hydrogens (primary N) is 2. The molecule has 2 fully saturated rings. The molecule has 0 saturated heterocycles. The van der Waals surface area contributed by atoms with Gasteiger partial charge in [0.25, 0.3) is 0 Å². The number of benzene rings is 2. The smallest absolute Gasteiger partial charge is 0.137 e. The fourth-order valence-electron chi connectivity index (χ4n) is 7.97. The second-order valence-electron chi connectivity index (χ2n) is 19.5. The van der Waals surface area contributed by atoms with Gasteiger partial charge in [0.1, 0.15) is 5.78 Å². The van der Waals surface area contributed by atoms with Gasteiger partial charge >= 0.3 is 0 Å². The Morgan fingerprint density at radius 1 is 0.641 bits per heavy atom. The van der Waals surface area contributed by atoms with E-state index in [1.54, 1.807) is 28.7 Å². The molecule has 2 aromatic carbocycles. The van der Waals surface area contributed by atoms with Gasteiger partial charge in [0, 0.05) is 85.1 Å². The van der Waals surface area contributed by atoms with Crippen molar-refractivity contribution in [3.63, 3.8) is 0 Å². The lowest BCUT2D eigenvalue weighted by Gasteiger charge is -2.24. The Hall–Kier alpha value is -3.93. The number of thiophene rings is 2. The van der Waals surface area contributed by atoms with E-state index in [2.05, 4.69) is 86.5 Å². The van der Waals surface area contributed by atoms with E-state index >= 15 is 0 Å². The lowest BCUT2D eigenvalue weighted by Crippen LogP contribution is -2.28. The number of ketones is 1. The monoisotopic (exact) mass is 938 g/mol. The quantitative estimate of drug-likeness (QED) is 0.112. The molecule has 64 heavy (non-hydrogen) atoms. The molecule has 11 heteroatoms. The van der Waals surface area contributed by atoms with E-state index in [-0.39, 0.29) is 28.8 Å². The third-order valence-electron chi connectivity index (χ3n) is 12.0. The summed E-state index contributed by atoms with van der Waals surface area (Å²) in [7, 11) is 0. The minimum absolute atomic E-state index is 0.00365. The molecule has 2 aliphatic carbocycles. The summed E-state index contributed by atoms with van der Waals surface area (Å²) in [6.07, 6.45) is 11.9. The average Bonchev–Trinajstić information content (AvgIpc) is 3.94. The second kappa shape index (κ2) is 22.0. The summed E-state index contributed by atoms with van der Waals surface area (Å²) in [4.78, 5) is 23.9. The van der Waals surface area contributed by atoms with Crippen LogP contribution < -0.4 is 11.5 Å². The summed E-state index contributed by atoms with van der Waals surface area (Å²) in [5.74, 6) is 0.665. The minimum Gasteiger partial charge on any atom is -0.399 e. The van der Waals surface area contributed by atoms with Gasteiger partial charge in [-0.2, -0.15) is 0 Å². The van der Waals surface area contributed by atoms with Gasteiger partial charge in [-0.05, 0) is 150 Å². The van der Waals surface area contributed by atoms with Crippen LogP contribution in [-0.4, -0.2) is 44.2 Å². The van der Waals surface area contributed by atoms with E-state index in [9.17, 15) is 9.90 Å². The summed E-state index contributed by atoms with van der Waals surface area (Å²) in [5, 5.41) is 24.3. The van der Waals surface area contributed by atoms with Gasteiger partial charge in [0.2, 0.25) is 0 Å². The Balaban J connectivity index is 0.000000189. The number of aliphatic hydroxyl groups excluding tert-OH is 2. The molecular weight excluding hydrogens is 876 g/mol. The molecule has 6 aromatic rings. The molecule has 7 nitrogen and oxygen atoms in total. The van der Waals surface area contributed by atoms with Gasteiger partial charge in [0.05, 0.1) is 17.2 Å². The van der Waals surface area contributed by atoms with Crippen LogP contribution in [0.3, 0.4) is 0 Å². The zero-order valence-corrected chi connectivity index (χ0v) is 41.2. The topological polar surface area (TPSA) is 135 Å². The number of hydrogen-bond acceptors (Lipinski definition) is 9. The maximum Gasteiger partial charge on any atom is 0.137 e. The van der Waals surface area contributed by atoms with Gasteiger partial charge in [-0.3, -0.25) is 14.8 Å². The van der Waals surface area contributed by atoms with E-state index in [4.69, 9.17) is 39.8 Å². The van der Waals surface area contributed by atoms with E-state index in [1.807, 2.05) is 54.9 Å². The maximum absolute atomic E-state index is 12.6. The highest BCUT2D eigenvalue weighted by Gasteiger charge is 2.23. The van der Waals surface area contributed by atoms with Crippen LogP contribution in [0.2, 0.25) is 10.0 Å². The molecule has 0 atom stereocenters. The Labute approximate surface area is 398 Å². The van der Waals surface area contributed by atoms with Crippen molar-refractivity contribution in [3.05, 3.63) is 123 Å². The molecule has 8 rings (SSSR count). The van der Waals surface area contributed by atoms with Crippen LogP contribution in [-0.2, 0) is 22.0 Å². The molecule has 0 aliphatic heterocycles.